The third kappa shape index (κ3) is 3.06. The molecule has 0 radical (unpaired) electrons. The van der Waals surface area contributed by atoms with E-state index in [4.69, 9.17) is 4.98 Å². The molecule has 0 bridgehead atoms. The minimum Gasteiger partial charge on any atom is -0.315 e. The summed E-state index contributed by atoms with van der Waals surface area (Å²) in [4.78, 5) is 4.73. The van der Waals surface area contributed by atoms with Crippen molar-refractivity contribution in [1.82, 2.24) is 29.8 Å². The van der Waals surface area contributed by atoms with Gasteiger partial charge >= 0.3 is 0 Å². The molecule has 0 aliphatic heterocycles. The number of tetrazole rings is 1. The van der Waals surface area contributed by atoms with Gasteiger partial charge in [0.1, 0.15) is 0 Å². The molecule has 0 N–H and O–H groups in total. The van der Waals surface area contributed by atoms with Crippen LogP contribution in [0, 0.1) is 0 Å². The average Bonchev–Trinajstić information content (AvgIpc) is 3.26. The number of nitrogens with zero attached hydrogens (tertiary/aromatic N) is 6. The molecule has 2 heterocycles. The van der Waals surface area contributed by atoms with Crippen LogP contribution in [0.4, 0.5) is 0 Å². The summed E-state index contributed by atoms with van der Waals surface area (Å²) in [5.74, 6) is 1.41. The van der Waals surface area contributed by atoms with Crippen molar-refractivity contribution in [2.75, 3.05) is 0 Å². The lowest BCUT2D eigenvalue weighted by atomic mass is 10.3. The minimum absolute atomic E-state index is 0.627. The van der Waals surface area contributed by atoms with Crippen LogP contribution >= 0.6 is 11.8 Å². The standard InChI is InChI=1S/C18H16N6S/c1-2-12-23-16-11-7-6-10-15(16)19-18(23)25-13-17-20-21-22-24(17)14-8-4-3-5-9-14/h2-11H,1,12-13H2. The van der Waals surface area contributed by atoms with Crippen molar-refractivity contribution in [3.8, 4) is 5.69 Å². The van der Waals surface area contributed by atoms with Crippen LogP contribution in [0.3, 0.4) is 0 Å². The van der Waals surface area contributed by atoms with Gasteiger partial charge in [0.25, 0.3) is 0 Å². The lowest BCUT2D eigenvalue weighted by Gasteiger charge is -2.06. The molecule has 0 amide bonds. The van der Waals surface area contributed by atoms with E-state index in [2.05, 4.69) is 32.7 Å². The minimum atomic E-state index is 0.627. The van der Waals surface area contributed by atoms with Gasteiger partial charge in [-0.3, -0.25) is 0 Å². The highest BCUT2D eigenvalue weighted by molar-refractivity contribution is 7.98. The van der Waals surface area contributed by atoms with Crippen LogP contribution in [0.1, 0.15) is 5.82 Å². The summed E-state index contributed by atoms with van der Waals surface area (Å²) in [5, 5.41) is 13.0. The molecule has 0 spiro atoms. The van der Waals surface area contributed by atoms with E-state index in [1.807, 2.05) is 54.6 Å². The van der Waals surface area contributed by atoms with Gasteiger partial charge < -0.3 is 4.57 Å². The van der Waals surface area contributed by atoms with E-state index in [1.165, 1.54) is 0 Å². The molecule has 6 nitrogen and oxygen atoms in total. The number of fused-ring (bicyclic) bond motifs is 1. The van der Waals surface area contributed by atoms with Gasteiger partial charge in [-0.2, -0.15) is 4.68 Å². The number of aromatic nitrogens is 6. The highest BCUT2D eigenvalue weighted by Gasteiger charge is 2.13. The molecule has 0 fully saturated rings. The SMILES string of the molecule is C=CCn1c(SCc2nnnn2-c2ccccc2)nc2ccccc21. The van der Waals surface area contributed by atoms with Crippen molar-refractivity contribution in [3.05, 3.63) is 73.1 Å². The Morgan fingerprint density at radius 2 is 1.84 bits per heavy atom. The lowest BCUT2D eigenvalue weighted by molar-refractivity contribution is 0.746. The summed E-state index contributed by atoms with van der Waals surface area (Å²) in [6.07, 6.45) is 1.88. The molecule has 7 heteroatoms. The van der Waals surface area contributed by atoms with Crippen LogP contribution in [0.2, 0.25) is 0 Å². The molecular formula is C18H16N6S. The molecule has 4 rings (SSSR count). The van der Waals surface area contributed by atoms with Gasteiger partial charge in [0, 0.05) is 6.54 Å². The topological polar surface area (TPSA) is 61.4 Å². The Bertz CT molecular complexity index is 1000. The normalized spacial score (nSPS) is 11.0. The molecule has 2 aromatic carbocycles. The number of allylic oxidation sites excluding steroid dienone is 1. The zero-order valence-electron chi connectivity index (χ0n) is 13.5. The first kappa shape index (κ1) is 15.6. The molecule has 4 aromatic rings. The maximum atomic E-state index is 4.73. The van der Waals surface area contributed by atoms with Crippen LogP contribution in [-0.4, -0.2) is 29.8 Å². The molecule has 0 saturated carbocycles. The van der Waals surface area contributed by atoms with Crippen LogP contribution in [-0.2, 0) is 12.3 Å². The van der Waals surface area contributed by atoms with Crippen LogP contribution in [0.5, 0.6) is 0 Å². The highest BCUT2D eigenvalue weighted by Crippen LogP contribution is 2.26. The first-order valence-electron chi connectivity index (χ1n) is 7.88. The maximum absolute atomic E-state index is 4.73. The molecular weight excluding hydrogens is 332 g/mol. The molecule has 0 aliphatic rings. The van der Waals surface area contributed by atoms with Gasteiger partial charge in [0.15, 0.2) is 11.0 Å². The van der Waals surface area contributed by atoms with E-state index in [-0.39, 0.29) is 0 Å². The van der Waals surface area contributed by atoms with Crippen molar-refractivity contribution in [2.45, 2.75) is 17.5 Å². The molecule has 25 heavy (non-hydrogen) atoms. The summed E-state index contributed by atoms with van der Waals surface area (Å²) in [6, 6.07) is 18.0. The Morgan fingerprint density at radius 3 is 2.68 bits per heavy atom. The Balaban J connectivity index is 1.63. The van der Waals surface area contributed by atoms with Crippen LogP contribution in [0.15, 0.2) is 72.4 Å². The largest absolute Gasteiger partial charge is 0.315 e. The number of rotatable bonds is 6. The third-order valence-electron chi connectivity index (χ3n) is 3.80. The van der Waals surface area contributed by atoms with Gasteiger partial charge in [-0.05, 0) is 34.7 Å². The number of thioether (sulfide) groups is 1. The Kier molecular flexibility index (Phi) is 4.30. The molecule has 2 aromatic heterocycles. The molecule has 124 valence electrons. The Labute approximate surface area is 149 Å². The van der Waals surface area contributed by atoms with Crippen molar-refractivity contribution in [1.29, 1.82) is 0 Å². The zero-order chi connectivity index (χ0) is 17.1. The Morgan fingerprint density at radius 1 is 1.04 bits per heavy atom. The number of hydrogen-bond donors (Lipinski definition) is 0. The third-order valence-corrected chi connectivity index (χ3v) is 4.77. The van der Waals surface area contributed by atoms with E-state index in [9.17, 15) is 0 Å². The number of para-hydroxylation sites is 3. The van der Waals surface area contributed by atoms with E-state index in [0.29, 0.717) is 12.3 Å². The predicted octanol–water partition coefficient (Wildman–Crippen LogP) is 3.49. The molecule has 0 unspecified atom stereocenters. The highest BCUT2D eigenvalue weighted by atomic mass is 32.2. The van der Waals surface area contributed by atoms with Crippen molar-refractivity contribution in [3.63, 3.8) is 0 Å². The number of benzene rings is 2. The Hall–Kier alpha value is -2.93. The van der Waals surface area contributed by atoms with Crippen LogP contribution < -0.4 is 0 Å². The monoisotopic (exact) mass is 348 g/mol. The summed E-state index contributed by atoms with van der Waals surface area (Å²) < 4.78 is 3.91. The number of imidazole rings is 1. The van der Waals surface area contributed by atoms with E-state index in [0.717, 1.165) is 27.7 Å². The fourth-order valence-electron chi connectivity index (χ4n) is 2.66. The fourth-order valence-corrected chi connectivity index (χ4v) is 3.59. The lowest BCUT2D eigenvalue weighted by Crippen LogP contribution is -2.03. The average molecular weight is 348 g/mol. The van der Waals surface area contributed by atoms with E-state index < -0.39 is 0 Å². The van der Waals surface area contributed by atoms with Crippen molar-refractivity contribution < 1.29 is 0 Å². The summed E-state index contributed by atoms with van der Waals surface area (Å²) >= 11 is 1.62. The van der Waals surface area contributed by atoms with Crippen molar-refractivity contribution in [2.24, 2.45) is 0 Å². The first-order valence-corrected chi connectivity index (χ1v) is 8.87. The van der Waals surface area contributed by atoms with Crippen LogP contribution in [0.25, 0.3) is 16.7 Å². The molecule has 0 aliphatic carbocycles. The predicted molar refractivity (Wildman–Crippen MR) is 98.6 cm³/mol. The van der Waals surface area contributed by atoms with E-state index >= 15 is 0 Å². The maximum Gasteiger partial charge on any atom is 0.169 e. The second-order valence-corrected chi connectivity index (χ2v) is 6.36. The smallest absolute Gasteiger partial charge is 0.169 e. The summed E-state index contributed by atoms with van der Waals surface area (Å²) in [6.45, 7) is 4.57. The van der Waals surface area contributed by atoms with Gasteiger partial charge in [-0.25, -0.2) is 4.98 Å². The quantitative estimate of drug-likeness (QED) is 0.394. The molecule has 0 saturated heterocycles. The first-order chi connectivity index (χ1) is 12.4. The second kappa shape index (κ2) is 6.90. The second-order valence-electron chi connectivity index (χ2n) is 5.41. The van der Waals surface area contributed by atoms with Crippen molar-refractivity contribution >= 4 is 22.8 Å². The summed E-state index contributed by atoms with van der Waals surface area (Å²) in [5.41, 5.74) is 3.03. The van der Waals surface area contributed by atoms with Gasteiger partial charge in [-0.1, -0.05) is 48.2 Å². The van der Waals surface area contributed by atoms with Gasteiger partial charge in [-0.15, -0.1) is 11.7 Å². The fraction of sp³-hybridized carbons (Fsp3) is 0.111. The number of hydrogen-bond acceptors (Lipinski definition) is 5. The zero-order valence-corrected chi connectivity index (χ0v) is 14.3. The van der Waals surface area contributed by atoms with E-state index in [1.54, 1.807) is 16.4 Å². The van der Waals surface area contributed by atoms with Gasteiger partial charge in [0.2, 0.25) is 0 Å². The van der Waals surface area contributed by atoms with Gasteiger partial charge in [0.05, 0.1) is 22.5 Å². The molecule has 0 atom stereocenters. The summed E-state index contributed by atoms with van der Waals surface area (Å²) in [7, 11) is 0.